The molecule has 0 aliphatic rings. The van der Waals surface area contributed by atoms with Gasteiger partial charge in [-0.15, -0.1) is 0 Å². The van der Waals surface area contributed by atoms with E-state index in [1.165, 1.54) is 6.07 Å². The molecule has 2 nitrogen and oxygen atoms in total. The first-order chi connectivity index (χ1) is 9.63. The zero-order valence-electron chi connectivity index (χ0n) is 11.0. The summed E-state index contributed by atoms with van der Waals surface area (Å²) in [5.41, 5.74) is 1.14. The van der Waals surface area contributed by atoms with Crippen LogP contribution in [0.4, 0.5) is 13.2 Å². The van der Waals surface area contributed by atoms with E-state index in [1.807, 2.05) is 12.1 Å². The highest BCUT2D eigenvalue weighted by Crippen LogP contribution is 2.24. The minimum Gasteiger partial charge on any atom is -0.313 e. The van der Waals surface area contributed by atoms with Gasteiger partial charge in [0.2, 0.25) is 0 Å². The third-order valence-corrected chi connectivity index (χ3v) is 3.23. The highest BCUT2D eigenvalue weighted by molar-refractivity contribution is 5.24. The third-order valence-electron chi connectivity index (χ3n) is 3.23. The van der Waals surface area contributed by atoms with Crippen molar-refractivity contribution in [3.05, 3.63) is 65.2 Å². The molecule has 2 rings (SSSR count). The van der Waals surface area contributed by atoms with Crippen molar-refractivity contribution in [2.24, 2.45) is 0 Å². The molecule has 1 heterocycles. The fraction of sp³-hybridized carbons (Fsp3) is 0.267. The first-order valence-corrected chi connectivity index (χ1v) is 6.33. The van der Waals surface area contributed by atoms with Crippen LogP contribution in [0.1, 0.15) is 23.6 Å². The van der Waals surface area contributed by atoms with E-state index >= 15 is 0 Å². The van der Waals surface area contributed by atoms with E-state index in [0.717, 1.165) is 11.6 Å². The Morgan fingerprint density at radius 3 is 2.60 bits per heavy atom. The third kappa shape index (κ3) is 3.17. The van der Waals surface area contributed by atoms with Crippen molar-refractivity contribution in [1.29, 1.82) is 0 Å². The van der Waals surface area contributed by atoms with Gasteiger partial charge >= 0.3 is 0 Å². The van der Waals surface area contributed by atoms with Gasteiger partial charge in [-0.2, -0.15) is 0 Å². The van der Waals surface area contributed by atoms with Crippen LogP contribution in [0, 0.1) is 17.5 Å². The summed E-state index contributed by atoms with van der Waals surface area (Å²) in [5, 5.41) is 2.93. The summed E-state index contributed by atoms with van der Waals surface area (Å²) in [6.07, 6.45) is 4.63. The summed E-state index contributed by atoms with van der Waals surface area (Å²) in [5.74, 6) is -3.73. The maximum Gasteiger partial charge on any atom is 0.194 e. The van der Waals surface area contributed by atoms with E-state index in [-0.39, 0.29) is 11.6 Å². The number of aryl methyl sites for hydroxylation is 1. The van der Waals surface area contributed by atoms with Gasteiger partial charge in [-0.3, -0.25) is 4.98 Å². The van der Waals surface area contributed by atoms with Crippen LogP contribution in [-0.2, 0) is 6.42 Å². The molecule has 1 aromatic heterocycles. The van der Waals surface area contributed by atoms with Gasteiger partial charge < -0.3 is 5.32 Å². The number of nitrogens with one attached hydrogen (secondary N) is 1. The fourth-order valence-corrected chi connectivity index (χ4v) is 2.12. The van der Waals surface area contributed by atoms with E-state index in [9.17, 15) is 13.2 Å². The van der Waals surface area contributed by atoms with Crippen LogP contribution in [-0.4, -0.2) is 12.0 Å². The van der Waals surface area contributed by atoms with Crippen molar-refractivity contribution < 1.29 is 13.2 Å². The molecule has 5 heteroatoms. The zero-order chi connectivity index (χ0) is 14.5. The lowest BCUT2D eigenvalue weighted by molar-refractivity contribution is 0.424. The van der Waals surface area contributed by atoms with Gasteiger partial charge in [0.05, 0.1) is 0 Å². The number of nitrogens with zero attached hydrogens (tertiary/aromatic N) is 1. The molecule has 2 aromatic rings. The van der Waals surface area contributed by atoms with Crippen molar-refractivity contribution in [1.82, 2.24) is 10.3 Å². The Balaban J connectivity index is 2.15. The summed E-state index contributed by atoms with van der Waals surface area (Å²) >= 11 is 0. The van der Waals surface area contributed by atoms with E-state index < -0.39 is 17.5 Å². The Labute approximate surface area is 115 Å². The normalized spacial score (nSPS) is 12.4. The highest BCUT2D eigenvalue weighted by atomic mass is 19.2. The van der Waals surface area contributed by atoms with Crippen molar-refractivity contribution in [2.45, 2.75) is 18.9 Å². The molecule has 0 saturated heterocycles. The largest absolute Gasteiger partial charge is 0.313 e. The lowest BCUT2D eigenvalue weighted by Gasteiger charge is -2.17. The fourth-order valence-electron chi connectivity index (χ4n) is 2.12. The second-order valence-corrected chi connectivity index (χ2v) is 4.51. The second kappa shape index (κ2) is 6.52. The first kappa shape index (κ1) is 14.5. The molecule has 0 aliphatic heterocycles. The van der Waals surface area contributed by atoms with Crippen LogP contribution in [0.5, 0.6) is 0 Å². The van der Waals surface area contributed by atoms with Crippen LogP contribution in [0.2, 0.25) is 0 Å². The molecule has 0 amide bonds. The Morgan fingerprint density at radius 2 is 1.95 bits per heavy atom. The van der Waals surface area contributed by atoms with Gasteiger partial charge in [0.25, 0.3) is 0 Å². The van der Waals surface area contributed by atoms with Gasteiger partial charge in [-0.1, -0.05) is 12.1 Å². The molecule has 0 radical (unpaired) electrons. The molecule has 1 aromatic carbocycles. The summed E-state index contributed by atoms with van der Waals surface area (Å²) in [7, 11) is 1.66. The van der Waals surface area contributed by atoms with Gasteiger partial charge in [-0.25, -0.2) is 13.2 Å². The van der Waals surface area contributed by atoms with Crippen LogP contribution >= 0.6 is 0 Å². The van der Waals surface area contributed by atoms with Crippen LogP contribution in [0.15, 0.2) is 36.7 Å². The Hall–Kier alpha value is -1.88. The van der Waals surface area contributed by atoms with Gasteiger partial charge in [0.1, 0.15) is 0 Å². The number of benzene rings is 1. The molecule has 1 unspecified atom stereocenters. The standard InChI is InChI=1S/C15H15F3N2/c1-19-13(7-4-10-3-2-8-20-9-10)11-5-6-12(16)15(18)14(11)17/h2-3,5-6,8-9,13,19H,4,7H2,1H3. The van der Waals surface area contributed by atoms with Crippen LogP contribution in [0.25, 0.3) is 0 Å². The molecule has 0 bridgehead atoms. The molecule has 20 heavy (non-hydrogen) atoms. The maximum atomic E-state index is 13.8. The second-order valence-electron chi connectivity index (χ2n) is 4.51. The average molecular weight is 280 g/mol. The maximum absolute atomic E-state index is 13.8. The number of aromatic nitrogens is 1. The number of rotatable bonds is 5. The van der Waals surface area contributed by atoms with E-state index in [0.29, 0.717) is 12.8 Å². The molecule has 0 spiro atoms. The van der Waals surface area contributed by atoms with E-state index in [4.69, 9.17) is 0 Å². The zero-order valence-corrected chi connectivity index (χ0v) is 11.0. The average Bonchev–Trinajstić information content (AvgIpc) is 2.48. The highest BCUT2D eigenvalue weighted by Gasteiger charge is 2.19. The Bertz CT molecular complexity index is 573. The lowest BCUT2D eigenvalue weighted by Crippen LogP contribution is -2.19. The molecular weight excluding hydrogens is 265 g/mol. The minimum atomic E-state index is -1.43. The molecule has 0 aliphatic carbocycles. The Morgan fingerprint density at radius 1 is 1.15 bits per heavy atom. The molecule has 1 atom stereocenters. The number of pyridine rings is 1. The summed E-state index contributed by atoms with van der Waals surface area (Å²) < 4.78 is 40.0. The Kier molecular flexibility index (Phi) is 4.74. The molecular formula is C15H15F3N2. The summed E-state index contributed by atoms with van der Waals surface area (Å²) in [6, 6.07) is 5.58. The van der Waals surface area contributed by atoms with Gasteiger partial charge in [-0.05, 0) is 37.6 Å². The van der Waals surface area contributed by atoms with Gasteiger partial charge in [0.15, 0.2) is 17.5 Å². The topological polar surface area (TPSA) is 24.9 Å². The predicted octanol–water partition coefficient (Wildman–Crippen LogP) is 3.39. The molecule has 0 fully saturated rings. The van der Waals surface area contributed by atoms with Gasteiger partial charge in [0, 0.05) is 24.0 Å². The summed E-state index contributed by atoms with van der Waals surface area (Å²) in [6.45, 7) is 0. The smallest absolute Gasteiger partial charge is 0.194 e. The van der Waals surface area contributed by atoms with Crippen molar-refractivity contribution in [2.75, 3.05) is 7.05 Å². The monoisotopic (exact) mass is 280 g/mol. The molecule has 1 N–H and O–H groups in total. The molecule has 106 valence electrons. The molecule has 0 saturated carbocycles. The number of hydrogen-bond donors (Lipinski definition) is 1. The first-order valence-electron chi connectivity index (χ1n) is 6.33. The van der Waals surface area contributed by atoms with E-state index in [2.05, 4.69) is 10.3 Å². The number of halogens is 3. The SMILES string of the molecule is CNC(CCc1cccnc1)c1ccc(F)c(F)c1F. The van der Waals surface area contributed by atoms with Crippen LogP contribution < -0.4 is 5.32 Å². The quantitative estimate of drug-likeness (QED) is 0.849. The number of hydrogen-bond acceptors (Lipinski definition) is 2. The lowest BCUT2D eigenvalue weighted by atomic mass is 9.99. The minimum absolute atomic E-state index is 0.135. The predicted molar refractivity (Wildman–Crippen MR) is 70.7 cm³/mol. The van der Waals surface area contributed by atoms with Crippen molar-refractivity contribution >= 4 is 0 Å². The van der Waals surface area contributed by atoms with Crippen LogP contribution in [0.3, 0.4) is 0 Å². The van der Waals surface area contributed by atoms with Crippen molar-refractivity contribution in [3.8, 4) is 0 Å². The van der Waals surface area contributed by atoms with Crippen molar-refractivity contribution in [3.63, 3.8) is 0 Å². The van der Waals surface area contributed by atoms with E-state index in [1.54, 1.807) is 19.4 Å². The summed E-state index contributed by atoms with van der Waals surface area (Å²) in [4.78, 5) is 4.00.